The summed E-state index contributed by atoms with van der Waals surface area (Å²) in [6, 6.07) is 23.7. The smallest absolute Gasteiger partial charge is 0.265 e. The molecule has 0 aliphatic carbocycles. The number of carbonyl (C=O) groups excluding carboxylic acids is 1. The molecule has 0 aliphatic heterocycles. The van der Waals surface area contributed by atoms with Gasteiger partial charge in [-0.3, -0.25) is 4.79 Å². The highest BCUT2D eigenvalue weighted by molar-refractivity contribution is 6.33. The predicted molar refractivity (Wildman–Crippen MR) is 103 cm³/mol. The van der Waals surface area contributed by atoms with Gasteiger partial charge < -0.3 is 14.8 Å². The van der Waals surface area contributed by atoms with E-state index in [2.05, 4.69) is 5.32 Å². The van der Waals surface area contributed by atoms with Crippen LogP contribution in [0.5, 0.6) is 17.2 Å². The zero-order valence-electron chi connectivity index (χ0n) is 14.2. The van der Waals surface area contributed by atoms with Gasteiger partial charge in [-0.1, -0.05) is 41.9 Å². The van der Waals surface area contributed by atoms with E-state index in [4.69, 9.17) is 21.1 Å². The van der Waals surface area contributed by atoms with Crippen molar-refractivity contribution >= 4 is 23.2 Å². The van der Waals surface area contributed by atoms with Gasteiger partial charge in [0.2, 0.25) is 0 Å². The van der Waals surface area contributed by atoms with E-state index >= 15 is 0 Å². The molecule has 0 bridgehead atoms. The predicted octanol–water partition coefficient (Wildman–Crippen LogP) is 5.54. The summed E-state index contributed by atoms with van der Waals surface area (Å²) in [5.74, 6) is 1.75. The van der Waals surface area contributed by atoms with E-state index in [-0.39, 0.29) is 5.91 Å². The summed E-state index contributed by atoms with van der Waals surface area (Å²) in [6.07, 6.45) is -0.674. The Morgan fingerprint density at radius 1 is 0.846 bits per heavy atom. The standard InChI is InChI=1S/C21H18ClNO3/c1-15(21(24)23-20-10-6-5-9-19(20)22)25-17-11-13-18(14-12-17)26-16-7-3-2-4-8-16/h2-15H,1H3,(H,23,24). The molecule has 1 unspecified atom stereocenters. The van der Waals surface area contributed by atoms with E-state index in [1.807, 2.05) is 30.3 Å². The number of amides is 1. The number of halogens is 1. The summed E-state index contributed by atoms with van der Waals surface area (Å²) in [4.78, 5) is 12.3. The third kappa shape index (κ3) is 4.77. The fraction of sp³-hybridized carbons (Fsp3) is 0.0952. The van der Waals surface area contributed by atoms with Gasteiger partial charge in [0, 0.05) is 0 Å². The quantitative estimate of drug-likeness (QED) is 0.622. The second-order valence-corrected chi connectivity index (χ2v) is 6.02. The van der Waals surface area contributed by atoms with E-state index < -0.39 is 6.10 Å². The van der Waals surface area contributed by atoms with Crippen molar-refractivity contribution < 1.29 is 14.3 Å². The molecule has 132 valence electrons. The first-order valence-electron chi connectivity index (χ1n) is 8.17. The Labute approximate surface area is 157 Å². The van der Waals surface area contributed by atoms with Crippen LogP contribution in [0.25, 0.3) is 0 Å². The molecule has 0 radical (unpaired) electrons. The molecular weight excluding hydrogens is 350 g/mol. The van der Waals surface area contributed by atoms with Crippen LogP contribution in [-0.2, 0) is 4.79 Å². The van der Waals surface area contributed by atoms with Gasteiger partial charge in [0.05, 0.1) is 10.7 Å². The van der Waals surface area contributed by atoms with Crippen LogP contribution in [0.1, 0.15) is 6.92 Å². The van der Waals surface area contributed by atoms with Crippen LogP contribution >= 0.6 is 11.6 Å². The minimum absolute atomic E-state index is 0.275. The molecular formula is C21H18ClNO3. The molecule has 4 nitrogen and oxygen atoms in total. The van der Waals surface area contributed by atoms with Crippen molar-refractivity contribution in [2.45, 2.75) is 13.0 Å². The molecule has 0 saturated heterocycles. The largest absolute Gasteiger partial charge is 0.481 e. The second kappa shape index (κ2) is 8.41. The number of anilines is 1. The molecule has 0 aliphatic rings. The average Bonchev–Trinajstić information content (AvgIpc) is 2.66. The van der Waals surface area contributed by atoms with Gasteiger partial charge in [0.1, 0.15) is 17.2 Å². The molecule has 3 aromatic carbocycles. The summed E-state index contributed by atoms with van der Waals surface area (Å²) in [5.41, 5.74) is 0.557. The molecule has 26 heavy (non-hydrogen) atoms. The van der Waals surface area contributed by atoms with Gasteiger partial charge in [0.25, 0.3) is 5.91 Å². The number of hydrogen-bond acceptors (Lipinski definition) is 3. The minimum Gasteiger partial charge on any atom is -0.481 e. The third-order valence-corrected chi connectivity index (χ3v) is 3.95. The SMILES string of the molecule is CC(Oc1ccc(Oc2ccccc2)cc1)C(=O)Nc1ccccc1Cl. The lowest BCUT2D eigenvalue weighted by Crippen LogP contribution is -2.30. The van der Waals surface area contributed by atoms with Crippen molar-refractivity contribution in [3.8, 4) is 17.2 Å². The van der Waals surface area contributed by atoms with Gasteiger partial charge in [-0.05, 0) is 55.5 Å². The van der Waals surface area contributed by atoms with Crippen LogP contribution in [0, 0.1) is 0 Å². The Bertz CT molecular complexity index is 866. The number of benzene rings is 3. The molecule has 1 N–H and O–H groups in total. The zero-order valence-corrected chi connectivity index (χ0v) is 14.9. The Morgan fingerprint density at radius 3 is 2.12 bits per heavy atom. The summed E-state index contributed by atoms with van der Waals surface area (Å²) >= 11 is 6.05. The molecule has 3 rings (SSSR count). The first kappa shape index (κ1) is 17.8. The molecule has 0 aromatic heterocycles. The molecule has 5 heteroatoms. The number of ether oxygens (including phenoxy) is 2. The van der Waals surface area contributed by atoms with E-state index in [9.17, 15) is 4.79 Å². The van der Waals surface area contributed by atoms with Gasteiger partial charge in [-0.25, -0.2) is 0 Å². The Kier molecular flexibility index (Phi) is 5.77. The molecule has 3 aromatic rings. The fourth-order valence-electron chi connectivity index (χ4n) is 2.27. The van der Waals surface area contributed by atoms with Gasteiger partial charge in [-0.15, -0.1) is 0 Å². The van der Waals surface area contributed by atoms with Gasteiger partial charge >= 0.3 is 0 Å². The number of nitrogens with one attached hydrogen (secondary N) is 1. The maximum Gasteiger partial charge on any atom is 0.265 e. The number of para-hydroxylation sites is 2. The van der Waals surface area contributed by atoms with Crippen molar-refractivity contribution in [2.24, 2.45) is 0 Å². The monoisotopic (exact) mass is 367 g/mol. The number of rotatable bonds is 6. The van der Waals surface area contributed by atoms with Crippen LogP contribution in [0.4, 0.5) is 5.69 Å². The topological polar surface area (TPSA) is 47.6 Å². The minimum atomic E-state index is -0.674. The van der Waals surface area contributed by atoms with Crippen LogP contribution in [-0.4, -0.2) is 12.0 Å². The molecule has 1 amide bonds. The maximum atomic E-state index is 12.3. The number of hydrogen-bond donors (Lipinski definition) is 1. The fourth-order valence-corrected chi connectivity index (χ4v) is 2.45. The van der Waals surface area contributed by atoms with Crippen LogP contribution in [0.15, 0.2) is 78.9 Å². The van der Waals surface area contributed by atoms with Crippen molar-refractivity contribution in [3.05, 3.63) is 83.9 Å². The summed E-state index contributed by atoms with van der Waals surface area (Å²) in [5, 5.41) is 3.24. The van der Waals surface area contributed by atoms with E-state index in [1.165, 1.54) is 0 Å². The molecule has 0 saturated carbocycles. The Morgan fingerprint density at radius 2 is 1.42 bits per heavy atom. The van der Waals surface area contributed by atoms with Crippen LogP contribution in [0.2, 0.25) is 5.02 Å². The highest BCUT2D eigenvalue weighted by atomic mass is 35.5. The van der Waals surface area contributed by atoms with E-state index in [1.54, 1.807) is 55.5 Å². The first-order chi connectivity index (χ1) is 12.6. The highest BCUT2D eigenvalue weighted by Gasteiger charge is 2.16. The normalized spacial score (nSPS) is 11.5. The Hall–Kier alpha value is -2.98. The van der Waals surface area contributed by atoms with Crippen molar-refractivity contribution in [3.63, 3.8) is 0 Å². The van der Waals surface area contributed by atoms with Crippen molar-refractivity contribution in [1.82, 2.24) is 0 Å². The van der Waals surface area contributed by atoms with Crippen LogP contribution < -0.4 is 14.8 Å². The van der Waals surface area contributed by atoms with Gasteiger partial charge in [0.15, 0.2) is 6.10 Å². The van der Waals surface area contributed by atoms with E-state index in [0.717, 1.165) is 5.75 Å². The lowest BCUT2D eigenvalue weighted by Gasteiger charge is -2.15. The third-order valence-electron chi connectivity index (χ3n) is 3.62. The second-order valence-electron chi connectivity index (χ2n) is 5.62. The first-order valence-corrected chi connectivity index (χ1v) is 8.54. The summed E-state index contributed by atoms with van der Waals surface area (Å²) in [6.45, 7) is 1.68. The van der Waals surface area contributed by atoms with Gasteiger partial charge in [-0.2, -0.15) is 0 Å². The highest BCUT2D eigenvalue weighted by Crippen LogP contribution is 2.25. The lowest BCUT2D eigenvalue weighted by atomic mass is 10.3. The van der Waals surface area contributed by atoms with Crippen molar-refractivity contribution in [2.75, 3.05) is 5.32 Å². The average molecular weight is 368 g/mol. The number of carbonyl (C=O) groups is 1. The molecule has 1 atom stereocenters. The summed E-state index contributed by atoms with van der Waals surface area (Å²) < 4.78 is 11.4. The zero-order chi connectivity index (χ0) is 18.4. The lowest BCUT2D eigenvalue weighted by molar-refractivity contribution is -0.122. The Balaban J connectivity index is 1.58. The molecule has 0 fully saturated rings. The maximum absolute atomic E-state index is 12.3. The van der Waals surface area contributed by atoms with Crippen molar-refractivity contribution in [1.29, 1.82) is 0 Å². The molecule has 0 spiro atoms. The van der Waals surface area contributed by atoms with Crippen LogP contribution in [0.3, 0.4) is 0 Å². The van der Waals surface area contributed by atoms with E-state index in [0.29, 0.717) is 22.2 Å². The summed E-state index contributed by atoms with van der Waals surface area (Å²) in [7, 11) is 0. The molecule has 0 heterocycles.